The summed E-state index contributed by atoms with van der Waals surface area (Å²) < 4.78 is 5.52. The molecule has 0 unspecified atom stereocenters. The molecule has 0 bridgehead atoms. The van der Waals surface area contributed by atoms with Crippen LogP contribution in [0.1, 0.15) is 18.4 Å². The van der Waals surface area contributed by atoms with Gasteiger partial charge in [-0.2, -0.15) is 0 Å². The predicted octanol–water partition coefficient (Wildman–Crippen LogP) is 2.96. The van der Waals surface area contributed by atoms with Crippen molar-refractivity contribution in [2.24, 2.45) is 5.92 Å². The molecule has 4 rings (SSSR count). The van der Waals surface area contributed by atoms with Crippen molar-refractivity contribution in [3.63, 3.8) is 0 Å². The van der Waals surface area contributed by atoms with E-state index in [2.05, 4.69) is 5.32 Å². The van der Waals surface area contributed by atoms with Crippen LogP contribution >= 0.6 is 0 Å². The summed E-state index contributed by atoms with van der Waals surface area (Å²) in [6, 6.07) is 15.3. The number of nitrogens with one attached hydrogen (secondary N) is 1. The topological polar surface area (TPSA) is 58.6 Å². The number of benzene rings is 2. The van der Waals surface area contributed by atoms with Gasteiger partial charge in [0.25, 0.3) is 5.91 Å². The number of fused-ring (bicyclic) bond motifs is 1. The van der Waals surface area contributed by atoms with Crippen LogP contribution in [0.25, 0.3) is 0 Å². The van der Waals surface area contributed by atoms with Gasteiger partial charge in [-0.1, -0.05) is 30.3 Å². The zero-order valence-corrected chi connectivity index (χ0v) is 13.2. The molecule has 5 heteroatoms. The molecule has 1 aliphatic carbocycles. The summed E-state index contributed by atoms with van der Waals surface area (Å²) in [7, 11) is 0. The van der Waals surface area contributed by atoms with E-state index in [1.165, 1.54) is 0 Å². The largest absolute Gasteiger partial charge is 0.482 e. The molecule has 24 heavy (non-hydrogen) atoms. The van der Waals surface area contributed by atoms with Gasteiger partial charge in [0.15, 0.2) is 6.61 Å². The van der Waals surface area contributed by atoms with Gasteiger partial charge in [-0.05, 0) is 36.6 Å². The van der Waals surface area contributed by atoms with E-state index in [1.807, 2.05) is 48.5 Å². The Morgan fingerprint density at radius 2 is 1.96 bits per heavy atom. The van der Waals surface area contributed by atoms with Crippen LogP contribution in [0.4, 0.5) is 11.4 Å². The van der Waals surface area contributed by atoms with E-state index in [0.29, 0.717) is 23.7 Å². The van der Waals surface area contributed by atoms with Gasteiger partial charge in [-0.15, -0.1) is 0 Å². The lowest BCUT2D eigenvalue weighted by molar-refractivity contribution is -0.121. The number of nitrogens with zero attached hydrogens (tertiary/aromatic N) is 1. The van der Waals surface area contributed by atoms with Crippen LogP contribution in [0.2, 0.25) is 0 Å². The summed E-state index contributed by atoms with van der Waals surface area (Å²) in [6.45, 7) is 0.518. The Bertz CT molecular complexity index is 784. The fourth-order valence-electron chi connectivity index (χ4n) is 2.81. The highest BCUT2D eigenvalue weighted by molar-refractivity contribution is 6.00. The quantitative estimate of drug-likeness (QED) is 0.941. The zero-order valence-electron chi connectivity index (χ0n) is 13.2. The summed E-state index contributed by atoms with van der Waals surface area (Å²) in [4.78, 5) is 26.0. The molecule has 1 fully saturated rings. The van der Waals surface area contributed by atoms with Crippen LogP contribution in [0, 0.1) is 5.92 Å². The first-order valence-electron chi connectivity index (χ1n) is 8.13. The number of carbonyl (C=O) groups is 2. The van der Waals surface area contributed by atoms with Crippen LogP contribution in [0.15, 0.2) is 48.5 Å². The highest BCUT2D eigenvalue weighted by Gasteiger charge is 2.30. The molecule has 1 heterocycles. The molecular formula is C19H18N2O3. The SMILES string of the molecule is O=C(Nc1ccc2c(c1)N(Cc1ccccc1)C(=O)CO2)C1CC1. The van der Waals surface area contributed by atoms with Gasteiger partial charge in [0.1, 0.15) is 5.75 Å². The number of anilines is 2. The van der Waals surface area contributed by atoms with E-state index in [-0.39, 0.29) is 24.3 Å². The maximum atomic E-state index is 12.3. The number of amides is 2. The van der Waals surface area contributed by atoms with Crippen molar-refractivity contribution in [2.45, 2.75) is 19.4 Å². The number of carbonyl (C=O) groups excluding carboxylic acids is 2. The van der Waals surface area contributed by atoms with Crippen LogP contribution in [0.3, 0.4) is 0 Å². The molecular weight excluding hydrogens is 304 g/mol. The lowest BCUT2D eigenvalue weighted by Gasteiger charge is -2.30. The third-order valence-corrected chi connectivity index (χ3v) is 4.30. The van der Waals surface area contributed by atoms with Crippen molar-refractivity contribution < 1.29 is 14.3 Å². The monoisotopic (exact) mass is 322 g/mol. The molecule has 1 aliphatic heterocycles. The Balaban J connectivity index is 1.61. The molecule has 0 aromatic heterocycles. The van der Waals surface area contributed by atoms with E-state index in [0.717, 1.165) is 18.4 Å². The first-order chi connectivity index (χ1) is 11.7. The third-order valence-electron chi connectivity index (χ3n) is 4.30. The first-order valence-corrected chi connectivity index (χ1v) is 8.13. The molecule has 0 saturated heterocycles. The second-order valence-corrected chi connectivity index (χ2v) is 6.20. The molecule has 2 aromatic carbocycles. The van der Waals surface area contributed by atoms with Crippen molar-refractivity contribution in [2.75, 3.05) is 16.8 Å². The second-order valence-electron chi connectivity index (χ2n) is 6.20. The third kappa shape index (κ3) is 2.97. The Labute approximate surface area is 140 Å². The normalized spacial score (nSPS) is 16.3. The fourth-order valence-corrected chi connectivity index (χ4v) is 2.81. The minimum atomic E-state index is -0.0861. The molecule has 2 aromatic rings. The van der Waals surface area contributed by atoms with Crippen LogP contribution < -0.4 is 15.0 Å². The Hall–Kier alpha value is -2.82. The van der Waals surface area contributed by atoms with E-state index in [9.17, 15) is 9.59 Å². The molecule has 1 N–H and O–H groups in total. The lowest BCUT2D eigenvalue weighted by Crippen LogP contribution is -2.38. The van der Waals surface area contributed by atoms with Gasteiger partial charge in [0.2, 0.25) is 5.91 Å². The standard InChI is InChI=1S/C19H18N2O3/c22-18-12-24-17-9-8-15(20-19(23)14-6-7-14)10-16(17)21(18)11-13-4-2-1-3-5-13/h1-5,8-10,14H,6-7,11-12H2,(H,20,23). The summed E-state index contributed by atoms with van der Waals surface area (Å²) in [5.41, 5.74) is 2.44. The number of hydrogen-bond acceptors (Lipinski definition) is 3. The van der Waals surface area contributed by atoms with Crippen LogP contribution in [0.5, 0.6) is 5.75 Å². The predicted molar refractivity (Wildman–Crippen MR) is 90.9 cm³/mol. The second kappa shape index (κ2) is 6.00. The summed E-state index contributed by atoms with van der Waals surface area (Å²) in [5, 5.41) is 2.92. The van der Waals surface area contributed by atoms with Crippen molar-refractivity contribution >= 4 is 23.2 Å². The van der Waals surface area contributed by atoms with Gasteiger partial charge in [-0.3, -0.25) is 9.59 Å². The zero-order chi connectivity index (χ0) is 16.5. The smallest absolute Gasteiger partial charge is 0.265 e. The lowest BCUT2D eigenvalue weighted by atomic mass is 10.1. The van der Waals surface area contributed by atoms with Crippen molar-refractivity contribution in [3.8, 4) is 5.75 Å². The van der Waals surface area contributed by atoms with Gasteiger partial charge >= 0.3 is 0 Å². The average molecular weight is 322 g/mol. The van der Waals surface area contributed by atoms with Gasteiger partial charge in [0, 0.05) is 11.6 Å². The van der Waals surface area contributed by atoms with E-state index in [1.54, 1.807) is 4.90 Å². The van der Waals surface area contributed by atoms with Crippen LogP contribution in [-0.2, 0) is 16.1 Å². The van der Waals surface area contributed by atoms with Gasteiger partial charge < -0.3 is 15.0 Å². The summed E-state index contributed by atoms with van der Waals surface area (Å²) in [5.74, 6) is 0.763. The molecule has 1 saturated carbocycles. The van der Waals surface area contributed by atoms with Crippen molar-refractivity contribution in [1.29, 1.82) is 0 Å². The molecule has 0 spiro atoms. The fraction of sp³-hybridized carbons (Fsp3) is 0.263. The molecule has 2 aliphatic rings. The molecule has 0 radical (unpaired) electrons. The van der Waals surface area contributed by atoms with Crippen molar-refractivity contribution in [1.82, 2.24) is 0 Å². The molecule has 122 valence electrons. The minimum Gasteiger partial charge on any atom is -0.482 e. The molecule has 0 atom stereocenters. The van der Waals surface area contributed by atoms with Gasteiger partial charge in [-0.25, -0.2) is 0 Å². The van der Waals surface area contributed by atoms with Crippen LogP contribution in [-0.4, -0.2) is 18.4 Å². The molecule has 2 amide bonds. The first kappa shape index (κ1) is 14.8. The Kier molecular flexibility index (Phi) is 3.69. The Morgan fingerprint density at radius 3 is 2.71 bits per heavy atom. The number of ether oxygens (including phenoxy) is 1. The van der Waals surface area contributed by atoms with E-state index < -0.39 is 0 Å². The minimum absolute atomic E-state index is 0.0353. The summed E-state index contributed by atoms with van der Waals surface area (Å²) in [6.07, 6.45) is 1.91. The Morgan fingerprint density at radius 1 is 1.17 bits per heavy atom. The maximum Gasteiger partial charge on any atom is 0.265 e. The average Bonchev–Trinajstić information content (AvgIpc) is 3.44. The maximum absolute atomic E-state index is 12.3. The van der Waals surface area contributed by atoms with Gasteiger partial charge in [0.05, 0.1) is 12.2 Å². The highest BCUT2D eigenvalue weighted by atomic mass is 16.5. The van der Waals surface area contributed by atoms with E-state index >= 15 is 0 Å². The summed E-state index contributed by atoms with van der Waals surface area (Å²) >= 11 is 0. The number of hydrogen-bond donors (Lipinski definition) is 1. The molecule has 5 nitrogen and oxygen atoms in total. The number of rotatable bonds is 4. The highest BCUT2D eigenvalue weighted by Crippen LogP contribution is 2.36. The van der Waals surface area contributed by atoms with E-state index in [4.69, 9.17) is 4.74 Å². The van der Waals surface area contributed by atoms with Crippen molar-refractivity contribution in [3.05, 3.63) is 54.1 Å².